The minimum Gasteiger partial charge on any atom is -0.389 e. The van der Waals surface area contributed by atoms with Crippen LogP contribution in [0.25, 0.3) is 10.9 Å². The monoisotopic (exact) mass is 218 g/mol. The van der Waals surface area contributed by atoms with Crippen molar-refractivity contribution in [3.05, 3.63) is 36.0 Å². The predicted molar refractivity (Wildman–Crippen MR) is 61.1 cm³/mol. The summed E-state index contributed by atoms with van der Waals surface area (Å²) in [5, 5.41) is 23.6. The van der Waals surface area contributed by atoms with Gasteiger partial charge < -0.3 is 20.5 Å². The third kappa shape index (κ3) is 1.35. The maximum Gasteiger partial charge on any atom is 0.101 e. The van der Waals surface area contributed by atoms with Crippen LogP contribution in [0.5, 0.6) is 0 Å². The van der Waals surface area contributed by atoms with Gasteiger partial charge in [-0.25, -0.2) is 0 Å². The van der Waals surface area contributed by atoms with E-state index in [0.29, 0.717) is 6.54 Å². The first-order valence-corrected chi connectivity index (χ1v) is 5.43. The highest BCUT2D eigenvalue weighted by Crippen LogP contribution is 2.29. The maximum absolute atomic E-state index is 9.86. The maximum atomic E-state index is 9.86. The Kier molecular flexibility index (Phi) is 2.21. The van der Waals surface area contributed by atoms with Crippen molar-refractivity contribution >= 4 is 10.9 Å². The van der Waals surface area contributed by atoms with Gasteiger partial charge >= 0.3 is 0 Å². The molecule has 2 aromatic rings. The smallest absolute Gasteiger partial charge is 0.101 e. The number of rotatable bonds is 1. The van der Waals surface area contributed by atoms with E-state index in [1.165, 1.54) is 0 Å². The molecule has 16 heavy (non-hydrogen) atoms. The molecule has 1 aromatic carbocycles. The third-order valence-corrected chi connectivity index (χ3v) is 3.24. The Morgan fingerprint density at radius 2 is 2.00 bits per heavy atom. The summed E-state index contributed by atoms with van der Waals surface area (Å²) in [6, 6.07) is 7.76. The number of β-amino-alcohol motifs (C(OH)–C–C–N with tert-alkyl or cyclic N) is 1. The molecule has 0 unspecified atom stereocenters. The number of aromatic amines is 1. The number of aliphatic hydroxyl groups is 2. The van der Waals surface area contributed by atoms with Crippen molar-refractivity contribution < 1.29 is 10.2 Å². The molecule has 0 bridgehead atoms. The van der Waals surface area contributed by atoms with Gasteiger partial charge in [-0.05, 0) is 11.6 Å². The lowest BCUT2D eigenvalue weighted by Gasteiger charge is -2.15. The van der Waals surface area contributed by atoms with Crippen LogP contribution < -0.4 is 5.32 Å². The van der Waals surface area contributed by atoms with Crippen molar-refractivity contribution in [1.29, 1.82) is 0 Å². The third-order valence-electron chi connectivity index (χ3n) is 3.24. The van der Waals surface area contributed by atoms with Gasteiger partial charge in [0.15, 0.2) is 0 Å². The molecule has 3 rings (SSSR count). The van der Waals surface area contributed by atoms with Crippen molar-refractivity contribution in [3.8, 4) is 0 Å². The second kappa shape index (κ2) is 3.59. The fourth-order valence-corrected chi connectivity index (χ4v) is 2.36. The molecule has 0 radical (unpaired) electrons. The van der Waals surface area contributed by atoms with Crippen molar-refractivity contribution in [2.45, 2.75) is 18.2 Å². The van der Waals surface area contributed by atoms with Crippen LogP contribution in [-0.2, 0) is 0 Å². The molecule has 4 N–H and O–H groups in total. The van der Waals surface area contributed by atoms with Crippen LogP contribution in [0.15, 0.2) is 30.5 Å². The standard InChI is InChI=1S/C12H14N2O2/c15-10-6-14-11(12(10)16)8-5-13-9-4-2-1-3-7(8)9/h1-5,10-16H,6H2/t10-,11+,12+/m1/s1. The lowest BCUT2D eigenvalue weighted by Crippen LogP contribution is -2.25. The molecule has 4 nitrogen and oxygen atoms in total. The van der Waals surface area contributed by atoms with Crippen LogP contribution in [0.1, 0.15) is 11.6 Å². The first kappa shape index (κ1) is 9.84. The van der Waals surface area contributed by atoms with Gasteiger partial charge in [0, 0.05) is 23.6 Å². The van der Waals surface area contributed by atoms with Gasteiger partial charge in [-0.3, -0.25) is 0 Å². The van der Waals surface area contributed by atoms with E-state index < -0.39 is 12.2 Å². The molecule has 2 heterocycles. The van der Waals surface area contributed by atoms with E-state index in [9.17, 15) is 10.2 Å². The summed E-state index contributed by atoms with van der Waals surface area (Å²) in [7, 11) is 0. The number of aliphatic hydroxyl groups excluding tert-OH is 2. The number of para-hydroxylation sites is 1. The Hall–Kier alpha value is -1.36. The first-order chi connectivity index (χ1) is 7.77. The summed E-state index contributed by atoms with van der Waals surface area (Å²) in [6.07, 6.45) is 0.474. The highest BCUT2D eigenvalue weighted by atomic mass is 16.3. The highest BCUT2D eigenvalue weighted by molar-refractivity contribution is 5.83. The Balaban J connectivity index is 2.06. The van der Waals surface area contributed by atoms with Gasteiger partial charge in [0.25, 0.3) is 0 Å². The average molecular weight is 218 g/mol. The van der Waals surface area contributed by atoms with E-state index in [1.54, 1.807) is 0 Å². The molecule has 4 heteroatoms. The minimum atomic E-state index is -0.737. The molecule has 3 atom stereocenters. The molecule has 0 saturated carbocycles. The van der Waals surface area contributed by atoms with Gasteiger partial charge in [0.1, 0.15) is 6.10 Å². The molecule has 1 aliphatic rings. The van der Waals surface area contributed by atoms with Crippen molar-refractivity contribution in [2.24, 2.45) is 0 Å². The molecular formula is C12H14N2O2. The molecule has 1 fully saturated rings. The van der Waals surface area contributed by atoms with Crippen molar-refractivity contribution in [1.82, 2.24) is 10.3 Å². The molecule has 1 saturated heterocycles. The summed E-state index contributed by atoms with van der Waals surface area (Å²) in [5.74, 6) is 0. The summed E-state index contributed by atoms with van der Waals surface area (Å²) >= 11 is 0. The second-order valence-corrected chi connectivity index (χ2v) is 4.23. The summed E-state index contributed by atoms with van der Waals surface area (Å²) in [5.41, 5.74) is 2.06. The number of aromatic nitrogens is 1. The summed E-state index contributed by atoms with van der Waals surface area (Å²) in [6.45, 7) is 0.436. The van der Waals surface area contributed by atoms with Crippen LogP contribution in [0, 0.1) is 0 Å². The van der Waals surface area contributed by atoms with Crippen LogP contribution in [-0.4, -0.2) is 33.9 Å². The Morgan fingerprint density at radius 3 is 2.75 bits per heavy atom. The number of hydrogen-bond donors (Lipinski definition) is 4. The van der Waals surface area contributed by atoms with E-state index in [1.807, 2.05) is 30.5 Å². The lowest BCUT2D eigenvalue weighted by molar-refractivity contribution is 0.0407. The fourth-order valence-electron chi connectivity index (χ4n) is 2.36. The highest BCUT2D eigenvalue weighted by Gasteiger charge is 2.35. The van der Waals surface area contributed by atoms with Gasteiger partial charge in [-0.1, -0.05) is 18.2 Å². The van der Waals surface area contributed by atoms with Crippen molar-refractivity contribution in [3.63, 3.8) is 0 Å². The largest absolute Gasteiger partial charge is 0.389 e. The van der Waals surface area contributed by atoms with Gasteiger partial charge in [-0.2, -0.15) is 0 Å². The topological polar surface area (TPSA) is 68.3 Å². The van der Waals surface area contributed by atoms with Crippen LogP contribution in [0.2, 0.25) is 0 Å². The van der Waals surface area contributed by atoms with Crippen LogP contribution in [0.4, 0.5) is 0 Å². The molecule has 1 aromatic heterocycles. The van der Waals surface area contributed by atoms with E-state index in [4.69, 9.17) is 0 Å². The second-order valence-electron chi connectivity index (χ2n) is 4.23. The minimum absolute atomic E-state index is 0.189. The molecule has 0 spiro atoms. The number of nitrogens with one attached hydrogen (secondary N) is 2. The number of hydrogen-bond acceptors (Lipinski definition) is 3. The van der Waals surface area contributed by atoms with E-state index >= 15 is 0 Å². The predicted octanol–water partition coefficient (Wildman–Crippen LogP) is 0.534. The average Bonchev–Trinajstić information content (AvgIpc) is 2.85. The van der Waals surface area contributed by atoms with Crippen LogP contribution >= 0.6 is 0 Å². The zero-order valence-corrected chi connectivity index (χ0v) is 8.72. The molecule has 0 amide bonds. The van der Waals surface area contributed by atoms with Crippen molar-refractivity contribution in [2.75, 3.05) is 6.54 Å². The van der Waals surface area contributed by atoms with E-state index in [-0.39, 0.29) is 6.04 Å². The Bertz CT molecular complexity index is 508. The molecule has 84 valence electrons. The quantitative estimate of drug-likeness (QED) is 0.564. The molecular weight excluding hydrogens is 204 g/mol. The van der Waals surface area contributed by atoms with Gasteiger partial charge in [-0.15, -0.1) is 0 Å². The van der Waals surface area contributed by atoms with Crippen LogP contribution in [0.3, 0.4) is 0 Å². The summed E-state index contributed by atoms with van der Waals surface area (Å²) < 4.78 is 0. The van der Waals surface area contributed by atoms with Gasteiger partial charge in [0.2, 0.25) is 0 Å². The number of fused-ring (bicyclic) bond motifs is 1. The number of benzene rings is 1. The SMILES string of the molecule is O[C@H]1[C@H](O)CN[C@H]1c1c[nH]c2ccccc12. The number of H-pyrrole nitrogens is 1. The normalized spacial score (nSPS) is 30.0. The lowest BCUT2D eigenvalue weighted by atomic mass is 10.0. The fraction of sp³-hybridized carbons (Fsp3) is 0.333. The first-order valence-electron chi connectivity index (χ1n) is 5.43. The zero-order valence-electron chi connectivity index (χ0n) is 8.72. The van der Waals surface area contributed by atoms with Gasteiger partial charge in [0.05, 0.1) is 12.1 Å². The zero-order chi connectivity index (χ0) is 11.1. The Labute approximate surface area is 92.9 Å². The Morgan fingerprint density at radius 1 is 1.19 bits per heavy atom. The molecule has 1 aliphatic heterocycles. The van der Waals surface area contributed by atoms with E-state index in [0.717, 1.165) is 16.5 Å². The molecule has 0 aliphatic carbocycles. The summed E-state index contributed by atoms with van der Waals surface area (Å²) in [4.78, 5) is 3.17. The van der Waals surface area contributed by atoms with E-state index in [2.05, 4.69) is 10.3 Å².